The molecule has 2 nitrogen and oxygen atoms in total. The van der Waals surface area contributed by atoms with Gasteiger partial charge in [-0.05, 0) is 19.3 Å². The van der Waals surface area contributed by atoms with Crippen LogP contribution in [0.3, 0.4) is 0 Å². The van der Waals surface area contributed by atoms with Gasteiger partial charge in [0, 0.05) is 25.5 Å². The summed E-state index contributed by atoms with van der Waals surface area (Å²) in [6.45, 7) is 9.41. The third-order valence-electron chi connectivity index (χ3n) is 6.37. The van der Waals surface area contributed by atoms with E-state index in [9.17, 15) is 0 Å². The Morgan fingerprint density at radius 2 is 0.786 bits per heavy atom. The molecule has 0 bridgehead atoms. The van der Waals surface area contributed by atoms with Gasteiger partial charge < -0.3 is 9.80 Å². The Morgan fingerprint density at radius 1 is 0.464 bits per heavy atom. The zero-order valence-electron chi connectivity index (χ0n) is 19.8. The van der Waals surface area contributed by atoms with E-state index in [2.05, 4.69) is 43.0 Å². The molecule has 0 aliphatic carbocycles. The van der Waals surface area contributed by atoms with Crippen molar-refractivity contribution in [3.63, 3.8) is 0 Å². The molecule has 0 amide bonds. The van der Waals surface area contributed by atoms with Crippen molar-refractivity contribution in [3.8, 4) is 0 Å². The van der Waals surface area contributed by atoms with E-state index in [1.54, 1.807) is 0 Å². The molecule has 0 N–H and O–H groups in total. The molecule has 0 aromatic heterocycles. The first-order valence-corrected chi connectivity index (χ1v) is 13.0. The summed E-state index contributed by atoms with van der Waals surface area (Å²) < 4.78 is 0. The highest BCUT2D eigenvalue weighted by molar-refractivity contribution is 4.96. The Hall–Kier alpha value is -0.660. The zero-order chi connectivity index (χ0) is 20.3. The highest BCUT2D eigenvalue weighted by Gasteiger charge is 2.23. The molecule has 0 spiro atoms. The highest BCUT2D eigenvalue weighted by atomic mass is 15.4. The molecule has 1 rings (SSSR count). The lowest BCUT2D eigenvalue weighted by atomic mass is 10.0. The van der Waals surface area contributed by atoms with E-state index in [-0.39, 0.29) is 0 Å². The third-order valence-corrected chi connectivity index (χ3v) is 6.37. The van der Waals surface area contributed by atoms with E-state index in [1.165, 1.54) is 129 Å². The van der Waals surface area contributed by atoms with E-state index in [0.29, 0.717) is 6.17 Å². The summed E-state index contributed by atoms with van der Waals surface area (Å²) in [7, 11) is 0. The summed E-state index contributed by atoms with van der Waals surface area (Å²) in [5.41, 5.74) is 0. The van der Waals surface area contributed by atoms with Crippen LogP contribution in [-0.2, 0) is 0 Å². The molecular formula is C26H52N2. The Kier molecular flexibility index (Phi) is 16.7. The second kappa shape index (κ2) is 18.4. The first kappa shape index (κ1) is 25.4. The van der Waals surface area contributed by atoms with Gasteiger partial charge >= 0.3 is 0 Å². The molecule has 1 heterocycles. The summed E-state index contributed by atoms with van der Waals surface area (Å²) in [5.74, 6) is 0. The molecule has 1 unspecified atom stereocenters. The van der Waals surface area contributed by atoms with Crippen LogP contribution in [-0.4, -0.2) is 29.1 Å². The van der Waals surface area contributed by atoms with Crippen LogP contribution in [0.2, 0.25) is 0 Å². The summed E-state index contributed by atoms with van der Waals surface area (Å²) in [4.78, 5) is 5.16. The van der Waals surface area contributed by atoms with E-state index in [0.717, 1.165) is 0 Å². The normalized spacial score (nSPS) is 16.5. The van der Waals surface area contributed by atoms with Gasteiger partial charge in [0.05, 0.1) is 0 Å². The van der Waals surface area contributed by atoms with E-state index in [1.807, 2.05) is 0 Å². The van der Waals surface area contributed by atoms with Gasteiger partial charge in [-0.25, -0.2) is 0 Å². The van der Waals surface area contributed by atoms with Gasteiger partial charge in [0.15, 0.2) is 0 Å². The van der Waals surface area contributed by atoms with Crippen molar-refractivity contribution in [2.75, 3.05) is 13.1 Å². The Labute approximate surface area is 178 Å². The van der Waals surface area contributed by atoms with Crippen LogP contribution in [0.5, 0.6) is 0 Å². The highest BCUT2D eigenvalue weighted by Crippen LogP contribution is 2.21. The number of unbranched alkanes of at least 4 members (excludes halogenated alkanes) is 15. The molecule has 0 aromatic carbocycles. The second-order valence-electron chi connectivity index (χ2n) is 8.97. The molecule has 166 valence electrons. The van der Waals surface area contributed by atoms with E-state index in [4.69, 9.17) is 0 Å². The van der Waals surface area contributed by atoms with Crippen LogP contribution >= 0.6 is 0 Å². The molecule has 1 aliphatic rings. The predicted octanol–water partition coefficient (Wildman–Crippen LogP) is 8.48. The first-order valence-electron chi connectivity index (χ1n) is 13.0. The Balaban J connectivity index is 1.90. The summed E-state index contributed by atoms with van der Waals surface area (Å²) in [6.07, 6.45) is 30.8. The standard InChI is InChI=1S/C26H52N2/c1-4-7-9-10-11-12-13-14-15-16-17-18-19-21-23-28-25-24-27(26(28)6-3)22-20-8-5-2/h24-26H,4-23H2,1-3H3. The van der Waals surface area contributed by atoms with Crippen molar-refractivity contribution >= 4 is 0 Å². The molecule has 0 saturated heterocycles. The van der Waals surface area contributed by atoms with Crippen molar-refractivity contribution in [2.45, 2.75) is 143 Å². The van der Waals surface area contributed by atoms with E-state index >= 15 is 0 Å². The quantitative estimate of drug-likeness (QED) is 0.192. The summed E-state index contributed by atoms with van der Waals surface area (Å²) in [5, 5.41) is 0. The minimum atomic E-state index is 0.624. The maximum Gasteiger partial charge on any atom is 0.100 e. The monoisotopic (exact) mass is 392 g/mol. The van der Waals surface area contributed by atoms with Crippen LogP contribution < -0.4 is 0 Å². The summed E-state index contributed by atoms with van der Waals surface area (Å²) >= 11 is 0. The summed E-state index contributed by atoms with van der Waals surface area (Å²) in [6, 6.07) is 0. The zero-order valence-corrected chi connectivity index (χ0v) is 19.8. The topological polar surface area (TPSA) is 6.48 Å². The molecule has 0 aromatic rings. The molecule has 28 heavy (non-hydrogen) atoms. The molecule has 0 fully saturated rings. The fraction of sp³-hybridized carbons (Fsp3) is 0.923. The van der Waals surface area contributed by atoms with Crippen molar-refractivity contribution < 1.29 is 0 Å². The van der Waals surface area contributed by atoms with Crippen LogP contribution in [0.15, 0.2) is 12.4 Å². The van der Waals surface area contributed by atoms with Crippen LogP contribution in [0.1, 0.15) is 136 Å². The molecule has 2 heteroatoms. The molecule has 1 atom stereocenters. The van der Waals surface area contributed by atoms with Crippen molar-refractivity contribution in [1.29, 1.82) is 0 Å². The fourth-order valence-electron chi connectivity index (χ4n) is 4.51. The lowest BCUT2D eigenvalue weighted by Crippen LogP contribution is -2.38. The van der Waals surface area contributed by atoms with Gasteiger partial charge in [0.2, 0.25) is 0 Å². The minimum Gasteiger partial charge on any atom is -0.356 e. The Bertz CT molecular complexity index is 352. The lowest BCUT2D eigenvalue weighted by molar-refractivity contribution is 0.144. The van der Waals surface area contributed by atoms with Gasteiger partial charge in [-0.15, -0.1) is 0 Å². The molecule has 0 saturated carbocycles. The van der Waals surface area contributed by atoms with Gasteiger partial charge in [0.1, 0.15) is 6.17 Å². The lowest BCUT2D eigenvalue weighted by Gasteiger charge is -2.32. The average molecular weight is 393 g/mol. The maximum absolute atomic E-state index is 2.59. The van der Waals surface area contributed by atoms with Crippen LogP contribution in [0.25, 0.3) is 0 Å². The number of hydrogen-bond donors (Lipinski definition) is 0. The average Bonchev–Trinajstić information content (AvgIpc) is 3.10. The minimum absolute atomic E-state index is 0.624. The van der Waals surface area contributed by atoms with Gasteiger partial charge in [-0.3, -0.25) is 0 Å². The number of nitrogens with zero attached hydrogens (tertiary/aromatic N) is 2. The van der Waals surface area contributed by atoms with Gasteiger partial charge in [-0.2, -0.15) is 0 Å². The van der Waals surface area contributed by atoms with Crippen molar-refractivity contribution in [2.24, 2.45) is 0 Å². The third kappa shape index (κ3) is 12.0. The Morgan fingerprint density at radius 3 is 1.18 bits per heavy atom. The van der Waals surface area contributed by atoms with Crippen LogP contribution in [0, 0.1) is 0 Å². The van der Waals surface area contributed by atoms with Crippen LogP contribution in [0.4, 0.5) is 0 Å². The fourth-order valence-corrected chi connectivity index (χ4v) is 4.51. The first-order chi connectivity index (χ1) is 13.8. The van der Waals surface area contributed by atoms with Gasteiger partial charge in [-0.1, -0.05) is 117 Å². The molecule has 1 aliphatic heterocycles. The maximum atomic E-state index is 2.59. The smallest absolute Gasteiger partial charge is 0.100 e. The predicted molar refractivity (Wildman–Crippen MR) is 126 cm³/mol. The van der Waals surface area contributed by atoms with Gasteiger partial charge in [0.25, 0.3) is 0 Å². The van der Waals surface area contributed by atoms with Crippen molar-refractivity contribution in [1.82, 2.24) is 9.80 Å². The van der Waals surface area contributed by atoms with E-state index < -0.39 is 0 Å². The number of hydrogen-bond acceptors (Lipinski definition) is 2. The SMILES string of the molecule is CCCCCCCCCCCCCCCCN1C=CN(CCCCC)C1CC. The van der Waals surface area contributed by atoms with Crippen molar-refractivity contribution in [3.05, 3.63) is 12.4 Å². The molecule has 0 radical (unpaired) electrons. The second-order valence-corrected chi connectivity index (χ2v) is 8.97. The number of rotatable bonds is 20. The molecular weight excluding hydrogens is 340 g/mol. The largest absolute Gasteiger partial charge is 0.356 e.